The van der Waals surface area contributed by atoms with Crippen molar-refractivity contribution in [1.82, 2.24) is 4.57 Å². The lowest BCUT2D eigenvalue weighted by Crippen LogP contribution is -1.98. The van der Waals surface area contributed by atoms with Gasteiger partial charge in [-0.15, -0.1) is 0 Å². The summed E-state index contributed by atoms with van der Waals surface area (Å²) in [6.07, 6.45) is 2.19. The Hall–Kier alpha value is -2.54. The maximum Gasteiger partial charge on any atom is 0.0486 e. The molecule has 3 aromatic carbocycles. The van der Waals surface area contributed by atoms with Crippen LogP contribution in [0.3, 0.4) is 0 Å². The summed E-state index contributed by atoms with van der Waals surface area (Å²) in [4.78, 5) is 0. The molecular weight excluding hydrogens is 254 g/mol. The zero-order valence-electron chi connectivity index (χ0n) is 12.1. The van der Waals surface area contributed by atoms with E-state index in [-0.39, 0.29) is 0 Å². The van der Waals surface area contributed by atoms with Gasteiger partial charge in [0.25, 0.3) is 0 Å². The first-order valence-electron chi connectivity index (χ1n) is 7.33. The Morgan fingerprint density at radius 1 is 0.810 bits per heavy atom. The van der Waals surface area contributed by atoms with Gasteiger partial charge < -0.3 is 4.57 Å². The first-order chi connectivity index (χ1) is 10.3. The highest BCUT2D eigenvalue weighted by molar-refractivity contribution is 5.86. The third-order valence-corrected chi connectivity index (χ3v) is 4.15. The quantitative estimate of drug-likeness (QED) is 0.475. The topological polar surface area (TPSA) is 4.93 Å². The van der Waals surface area contributed by atoms with E-state index in [4.69, 9.17) is 0 Å². The lowest BCUT2D eigenvalue weighted by molar-refractivity contribution is 0.843. The van der Waals surface area contributed by atoms with Crippen molar-refractivity contribution in [3.05, 3.63) is 84.1 Å². The SMILES string of the molecule is Cc1ccc2ccn(Cc3cccc4ccccc34)c2c1. The molecule has 0 fully saturated rings. The number of nitrogens with zero attached hydrogens (tertiary/aromatic N) is 1. The fraction of sp³-hybridized carbons (Fsp3) is 0.100. The van der Waals surface area contributed by atoms with Crippen molar-refractivity contribution in [1.29, 1.82) is 0 Å². The molecule has 1 aromatic heterocycles. The smallest absolute Gasteiger partial charge is 0.0486 e. The molecule has 0 atom stereocenters. The third kappa shape index (κ3) is 2.11. The van der Waals surface area contributed by atoms with E-state index in [0.717, 1.165) is 6.54 Å². The summed E-state index contributed by atoms with van der Waals surface area (Å²) in [7, 11) is 0. The Labute approximate surface area is 124 Å². The number of rotatable bonds is 2. The van der Waals surface area contributed by atoms with Crippen LogP contribution in [-0.2, 0) is 6.54 Å². The van der Waals surface area contributed by atoms with E-state index in [0.29, 0.717) is 0 Å². The van der Waals surface area contributed by atoms with Crippen molar-refractivity contribution < 1.29 is 0 Å². The van der Waals surface area contributed by atoms with Crippen molar-refractivity contribution in [3.63, 3.8) is 0 Å². The Bertz CT molecular complexity index is 926. The minimum absolute atomic E-state index is 0.911. The molecule has 0 radical (unpaired) electrons. The van der Waals surface area contributed by atoms with Crippen LogP contribution in [0.25, 0.3) is 21.7 Å². The van der Waals surface area contributed by atoms with E-state index in [9.17, 15) is 0 Å². The molecule has 0 N–H and O–H groups in total. The second-order valence-electron chi connectivity index (χ2n) is 5.64. The molecule has 0 saturated heterocycles. The first-order valence-corrected chi connectivity index (χ1v) is 7.33. The van der Waals surface area contributed by atoms with Crippen LogP contribution in [0.5, 0.6) is 0 Å². The molecule has 0 bridgehead atoms. The Balaban J connectivity index is 1.85. The number of hydrogen-bond donors (Lipinski definition) is 0. The first kappa shape index (κ1) is 12.2. The van der Waals surface area contributed by atoms with Crippen LogP contribution in [0.15, 0.2) is 72.9 Å². The molecule has 1 nitrogen and oxygen atoms in total. The molecule has 4 aromatic rings. The van der Waals surface area contributed by atoms with Gasteiger partial charge in [0.2, 0.25) is 0 Å². The molecule has 4 rings (SSSR count). The molecule has 0 aliphatic heterocycles. The average Bonchev–Trinajstić information content (AvgIpc) is 2.90. The number of benzene rings is 3. The Morgan fingerprint density at radius 2 is 1.67 bits per heavy atom. The van der Waals surface area contributed by atoms with Crippen LogP contribution >= 0.6 is 0 Å². The Morgan fingerprint density at radius 3 is 2.62 bits per heavy atom. The van der Waals surface area contributed by atoms with Gasteiger partial charge >= 0.3 is 0 Å². The molecule has 0 aliphatic rings. The second kappa shape index (κ2) is 4.78. The van der Waals surface area contributed by atoms with Gasteiger partial charge in [-0.2, -0.15) is 0 Å². The fourth-order valence-corrected chi connectivity index (χ4v) is 3.05. The summed E-state index contributed by atoms with van der Waals surface area (Å²) in [6, 6.07) is 24.0. The number of aromatic nitrogens is 1. The van der Waals surface area contributed by atoms with Crippen LogP contribution in [0, 0.1) is 6.92 Å². The highest BCUT2D eigenvalue weighted by atomic mass is 14.9. The van der Waals surface area contributed by atoms with Crippen molar-refractivity contribution >= 4 is 21.7 Å². The van der Waals surface area contributed by atoms with E-state index in [1.165, 1.54) is 32.8 Å². The van der Waals surface area contributed by atoms with Crippen molar-refractivity contribution in [2.75, 3.05) is 0 Å². The van der Waals surface area contributed by atoms with Crippen molar-refractivity contribution in [3.8, 4) is 0 Å². The Kier molecular flexibility index (Phi) is 2.78. The lowest BCUT2D eigenvalue weighted by Gasteiger charge is -2.09. The summed E-state index contributed by atoms with van der Waals surface area (Å²) in [6.45, 7) is 3.06. The standard InChI is InChI=1S/C20H17N/c1-15-9-10-17-11-12-21(20(17)13-15)14-18-7-4-6-16-5-2-3-8-19(16)18/h2-13H,14H2,1H3. The zero-order chi connectivity index (χ0) is 14.2. The average molecular weight is 271 g/mol. The van der Waals surface area contributed by atoms with Gasteiger partial charge in [0.05, 0.1) is 0 Å². The predicted octanol–water partition coefficient (Wildman–Crippen LogP) is 5.15. The highest BCUT2D eigenvalue weighted by Gasteiger charge is 2.05. The van der Waals surface area contributed by atoms with Crippen molar-refractivity contribution in [2.45, 2.75) is 13.5 Å². The van der Waals surface area contributed by atoms with Gasteiger partial charge in [0.15, 0.2) is 0 Å². The van der Waals surface area contributed by atoms with Gasteiger partial charge in [0, 0.05) is 18.3 Å². The maximum absolute atomic E-state index is 2.34. The van der Waals surface area contributed by atoms with Gasteiger partial charge in [-0.25, -0.2) is 0 Å². The minimum Gasteiger partial charge on any atom is -0.343 e. The summed E-state index contributed by atoms with van der Waals surface area (Å²) in [5.41, 5.74) is 3.98. The van der Waals surface area contributed by atoms with Crippen LogP contribution in [0.2, 0.25) is 0 Å². The van der Waals surface area contributed by atoms with Gasteiger partial charge in [-0.1, -0.05) is 54.6 Å². The molecule has 102 valence electrons. The number of aryl methyl sites for hydroxylation is 1. The van der Waals surface area contributed by atoms with Crippen LogP contribution in [-0.4, -0.2) is 4.57 Å². The predicted molar refractivity (Wildman–Crippen MR) is 89.7 cm³/mol. The van der Waals surface area contributed by atoms with Crippen LogP contribution in [0.4, 0.5) is 0 Å². The molecule has 21 heavy (non-hydrogen) atoms. The normalized spacial score (nSPS) is 11.3. The molecular formula is C20H17N. The summed E-state index contributed by atoms with van der Waals surface area (Å²) < 4.78 is 2.34. The van der Waals surface area contributed by atoms with Crippen LogP contribution < -0.4 is 0 Å². The second-order valence-corrected chi connectivity index (χ2v) is 5.64. The van der Waals surface area contributed by atoms with Gasteiger partial charge in [0.1, 0.15) is 0 Å². The molecule has 1 heterocycles. The number of hydrogen-bond acceptors (Lipinski definition) is 0. The lowest BCUT2D eigenvalue weighted by atomic mass is 10.0. The van der Waals surface area contributed by atoms with E-state index >= 15 is 0 Å². The number of fused-ring (bicyclic) bond motifs is 2. The zero-order valence-corrected chi connectivity index (χ0v) is 12.1. The van der Waals surface area contributed by atoms with Crippen LogP contribution in [0.1, 0.15) is 11.1 Å². The summed E-state index contributed by atoms with van der Waals surface area (Å²) in [5.74, 6) is 0. The summed E-state index contributed by atoms with van der Waals surface area (Å²) in [5, 5.41) is 3.96. The molecule has 0 unspecified atom stereocenters. The molecule has 0 spiro atoms. The monoisotopic (exact) mass is 271 g/mol. The van der Waals surface area contributed by atoms with E-state index < -0.39 is 0 Å². The van der Waals surface area contributed by atoms with E-state index in [2.05, 4.69) is 84.4 Å². The molecule has 0 amide bonds. The minimum atomic E-state index is 0.911. The molecule has 0 aliphatic carbocycles. The highest BCUT2D eigenvalue weighted by Crippen LogP contribution is 2.23. The van der Waals surface area contributed by atoms with Gasteiger partial charge in [-0.05, 0) is 46.3 Å². The molecule has 1 heteroatoms. The van der Waals surface area contributed by atoms with E-state index in [1.54, 1.807) is 0 Å². The maximum atomic E-state index is 2.34. The summed E-state index contributed by atoms with van der Waals surface area (Å²) >= 11 is 0. The fourth-order valence-electron chi connectivity index (χ4n) is 3.05. The molecule has 0 saturated carbocycles. The van der Waals surface area contributed by atoms with Gasteiger partial charge in [-0.3, -0.25) is 0 Å². The van der Waals surface area contributed by atoms with Crippen molar-refractivity contribution in [2.24, 2.45) is 0 Å². The van der Waals surface area contributed by atoms with E-state index in [1.807, 2.05) is 0 Å². The third-order valence-electron chi connectivity index (χ3n) is 4.15. The largest absolute Gasteiger partial charge is 0.343 e.